The minimum atomic E-state index is 0.385. The van der Waals surface area contributed by atoms with Crippen molar-refractivity contribution in [2.24, 2.45) is 0 Å². The Bertz CT molecular complexity index is 191. The number of rotatable bonds is 1. The fourth-order valence-electron chi connectivity index (χ4n) is 0.606. The molecule has 1 aromatic heterocycles. The zero-order valence-electron chi connectivity index (χ0n) is 5.72. The van der Waals surface area contributed by atoms with Crippen LogP contribution < -0.4 is 0 Å². The van der Waals surface area contributed by atoms with E-state index in [-0.39, 0.29) is 0 Å². The van der Waals surface area contributed by atoms with Gasteiger partial charge in [-0.2, -0.15) is 0 Å². The normalized spacial score (nSPS) is 10.7. The fraction of sp³-hybridized carbons (Fsp3) is 0.429. The van der Waals surface area contributed by atoms with Crippen molar-refractivity contribution in [1.29, 1.82) is 0 Å². The summed E-state index contributed by atoms with van der Waals surface area (Å²) in [5.74, 6) is 0.385. The highest BCUT2D eigenvalue weighted by molar-refractivity contribution is 7.11. The van der Waals surface area contributed by atoms with Crippen LogP contribution in [0, 0.1) is 13.8 Å². The van der Waals surface area contributed by atoms with Crippen LogP contribution in [-0.4, -0.2) is 4.98 Å². The highest BCUT2D eigenvalue weighted by Crippen LogP contribution is 2.20. The van der Waals surface area contributed by atoms with E-state index >= 15 is 0 Å². The lowest BCUT2D eigenvalue weighted by Crippen LogP contribution is -1.78. The molecule has 9 heavy (non-hydrogen) atoms. The summed E-state index contributed by atoms with van der Waals surface area (Å²) in [5, 5.41) is 1.13. The molecule has 2 heteroatoms. The average molecular weight is 140 g/mol. The predicted octanol–water partition coefficient (Wildman–Crippen LogP) is 2.39. The van der Waals surface area contributed by atoms with Crippen LogP contribution in [-0.2, 0) is 0 Å². The van der Waals surface area contributed by atoms with Crippen molar-refractivity contribution < 1.29 is 0 Å². The van der Waals surface area contributed by atoms with Gasteiger partial charge in [0.2, 0.25) is 0 Å². The topological polar surface area (TPSA) is 12.9 Å². The second-order valence-corrected chi connectivity index (χ2v) is 3.45. The van der Waals surface area contributed by atoms with Crippen molar-refractivity contribution in [3.05, 3.63) is 23.0 Å². The van der Waals surface area contributed by atoms with Crippen LogP contribution in [0.25, 0.3) is 0 Å². The lowest BCUT2D eigenvalue weighted by molar-refractivity contribution is 0.987. The van der Waals surface area contributed by atoms with Gasteiger partial charge in [-0.15, -0.1) is 11.3 Å². The SMILES string of the molecule is [CH2]C(C)c1cnc(C)s1. The van der Waals surface area contributed by atoms with Crippen molar-refractivity contribution in [2.45, 2.75) is 19.8 Å². The smallest absolute Gasteiger partial charge is 0.0896 e. The molecule has 0 aliphatic rings. The van der Waals surface area contributed by atoms with Crippen LogP contribution in [0.4, 0.5) is 0 Å². The average Bonchev–Trinajstić information content (AvgIpc) is 2.14. The standard InChI is InChI=1S/C7H10NS/c1-5(2)7-4-8-6(3)9-7/h4-5H,1H2,2-3H3. The molecule has 1 aromatic rings. The van der Waals surface area contributed by atoms with Crippen LogP contribution in [0.1, 0.15) is 22.7 Å². The number of aryl methyl sites for hydroxylation is 1. The van der Waals surface area contributed by atoms with Gasteiger partial charge in [-0.3, -0.25) is 0 Å². The molecule has 0 aliphatic carbocycles. The fourth-order valence-corrected chi connectivity index (χ4v) is 1.36. The third-order valence-electron chi connectivity index (χ3n) is 1.12. The van der Waals surface area contributed by atoms with Gasteiger partial charge >= 0.3 is 0 Å². The van der Waals surface area contributed by atoms with Gasteiger partial charge in [0.1, 0.15) is 0 Å². The third-order valence-corrected chi connectivity index (χ3v) is 2.27. The molecule has 0 aliphatic heterocycles. The molecular formula is C7H10NS. The molecular weight excluding hydrogens is 130 g/mol. The Morgan fingerprint density at radius 3 is 2.67 bits per heavy atom. The van der Waals surface area contributed by atoms with Gasteiger partial charge in [0.25, 0.3) is 0 Å². The van der Waals surface area contributed by atoms with Crippen molar-refractivity contribution in [3.63, 3.8) is 0 Å². The molecule has 1 radical (unpaired) electrons. The van der Waals surface area contributed by atoms with Crippen molar-refractivity contribution in [2.75, 3.05) is 0 Å². The summed E-state index contributed by atoms with van der Waals surface area (Å²) < 4.78 is 0. The molecule has 1 atom stereocenters. The summed E-state index contributed by atoms with van der Waals surface area (Å²) in [6, 6.07) is 0. The van der Waals surface area contributed by atoms with E-state index in [2.05, 4.69) is 18.8 Å². The number of aromatic nitrogens is 1. The van der Waals surface area contributed by atoms with E-state index in [9.17, 15) is 0 Å². The second kappa shape index (κ2) is 2.48. The molecule has 49 valence electrons. The largest absolute Gasteiger partial charge is 0.250 e. The first-order chi connectivity index (χ1) is 4.20. The molecule has 0 saturated heterocycles. The number of hydrogen-bond donors (Lipinski definition) is 0. The molecule has 0 spiro atoms. The second-order valence-electron chi connectivity index (χ2n) is 2.18. The van der Waals surface area contributed by atoms with Gasteiger partial charge in [0.05, 0.1) is 5.01 Å². The maximum atomic E-state index is 4.12. The number of hydrogen-bond acceptors (Lipinski definition) is 2. The van der Waals surface area contributed by atoms with Gasteiger partial charge in [0.15, 0.2) is 0 Å². The maximum Gasteiger partial charge on any atom is 0.0896 e. The Morgan fingerprint density at radius 2 is 2.44 bits per heavy atom. The Balaban J connectivity index is 2.85. The first-order valence-electron chi connectivity index (χ1n) is 2.95. The lowest BCUT2D eigenvalue weighted by atomic mass is 10.2. The Hall–Kier alpha value is -0.370. The quantitative estimate of drug-likeness (QED) is 0.583. The van der Waals surface area contributed by atoms with Gasteiger partial charge in [-0.05, 0) is 19.8 Å². The molecule has 1 unspecified atom stereocenters. The van der Waals surface area contributed by atoms with E-state index in [0.717, 1.165) is 5.01 Å². The van der Waals surface area contributed by atoms with E-state index in [1.54, 1.807) is 11.3 Å². The van der Waals surface area contributed by atoms with Crippen LogP contribution in [0.15, 0.2) is 6.20 Å². The summed E-state index contributed by atoms with van der Waals surface area (Å²) in [6.45, 7) is 7.98. The molecule has 1 heterocycles. The summed E-state index contributed by atoms with van der Waals surface area (Å²) in [7, 11) is 0. The van der Waals surface area contributed by atoms with E-state index in [1.807, 2.05) is 13.1 Å². The monoisotopic (exact) mass is 140 g/mol. The van der Waals surface area contributed by atoms with E-state index < -0.39 is 0 Å². The van der Waals surface area contributed by atoms with Crippen molar-refractivity contribution in [1.82, 2.24) is 4.98 Å². The van der Waals surface area contributed by atoms with Crippen molar-refractivity contribution >= 4 is 11.3 Å². The summed E-state index contributed by atoms with van der Waals surface area (Å²) >= 11 is 1.72. The third kappa shape index (κ3) is 1.52. The van der Waals surface area contributed by atoms with Crippen LogP contribution >= 0.6 is 11.3 Å². The summed E-state index contributed by atoms with van der Waals surface area (Å²) in [6.07, 6.45) is 1.90. The van der Waals surface area contributed by atoms with Crippen LogP contribution in [0.2, 0.25) is 0 Å². The zero-order valence-corrected chi connectivity index (χ0v) is 6.53. The Labute approximate surface area is 59.8 Å². The molecule has 0 amide bonds. The van der Waals surface area contributed by atoms with Gasteiger partial charge in [-0.25, -0.2) is 4.98 Å². The van der Waals surface area contributed by atoms with E-state index in [4.69, 9.17) is 0 Å². The van der Waals surface area contributed by atoms with Crippen LogP contribution in [0.3, 0.4) is 0 Å². The molecule has 1 rings (SSSR count). The zero-order chi connectivity index (χ0) is 6.85. The minimum absolute atomic E-state index is 0.385. The minimum Gasteiger partial charge on any atom is -0.250 e. The summed E-state index contributed by atoms with van der Waals surface area (Å²) in [4.78, 5) is 5.39. The van der Waals surface area contributed by atoms with Crippen molar-refractivity contribution in [3.8, 4) is 0 Å². The molecule has 1 nitrogen and oxygen atoms in total. The van der Waals surface area contributed by atoms with E-state index in [0.29, 0.717) is 5.92 Å². The molecule has 0 fully saturated rings. The molecule has 0 saturated carbocycles. The van der Waals surface area contributed by atoms with E-state index in [1.165, 1.54) is 4.88 Å². The number of nitrogens with zero attached hydrogens (tertiary/aromatic N) is 1. The highest BCUT2D eigenvalue weighted by atomic mass is 32.1. The van der Waals surface area contributed by atoms with Crippen LogP contribution in [0.5, 0.6) is 0 Å². The molecule has 0 bridgehead atoms. The Morgan fingerprint density at radius 1 is 1.78 bits per heavy atom. The van der Waals surface area contributed by atoms with Gasteiger partial charge in [-0.1, -0.05) is 6.92 Å². The maximum absolute atomic E-state index is 4.12. The molecule has 0 N–H and O–H groups in total. The predicted molar refractivity (Wildman–Crippen MR) is 40.6 cm³/mol. The van der Waals surface area contributed by atoms with Gasteiger partial charge in [0, 0.05) is 11.1 Å². The first kappa shape index (κ1) is 6.75. The highest BCUT2D eigenvalue weighted by Gasteiger charge is 2.00. The lowest BCUT2D eigenvalue weighted by Gasteiger charge is -1.94. The Kier molecular flexibility index (Phi) is 1.86. The first-order valence-corrected chi connectivity index (χ1v) is 3.77. The molecule has 0 aromatic carbocycles. The number of thiazole rings is 1. The summed E-state index contributed by atoms with van der Waals surface area (Å²) in [5.41, 5.74) is 0. The van der Waals surface area contributed by atoms with Gasteiger partial charge < -0.3 is 0 Å².